The number of aliphatic hydroxyl groups excluding tert-OH is 4. The maximum absolute atomic E-state index is 9.98. The van der Waals surface area contributed by atoms with Crippen molar-refractivity contribution in [2.75, 3.05) is 19.3 Å². The van der Waals surface area contributed by atoms with Crippen LogP contribution in [-0.4, -0.2) is 77.1 Å². The minimum Gasteiger partial charge on any atom is -0.395 e. The molecule has 0 saturated carbocycles. The minimum absolute atomic E-state index is 0.193. The fourth-order valence-corrected chi connectivity index (χ4v) is 4.16. The molecular weight excluding hydrogens is 262 g/mol. The van der Waals surface area contributed by atoms with Gasteiger partial charge in [-0.15, -0.1) is 0 Å². The Morgan fingerprint density at radius 1 is 1.11 bits per heavy atom. The standard InChI is InChI=1S/C13H29NO4Si/c1-13(2,3)19(4,5)8-14-6-10(16)12(18)11(17)9(14)7-15/h9-12,15-18H,6-8H2,1-5H3/t9?,10-,11+,12+/m0/s1. The van der Waals surface area contributed by atoms with E-state index in [0.717, 1.165) is 6.17 Å². The van der Waals surface area contributed by atoms with Crippen LogP contribution >= 0.6 is 0 Å². The number of likely N-dealkylation sites (tertiary alicyclic amines) is 1. The molecule has 0 aromatic carbocycles. The van der Waals surface area contributed by atoms with E-state index in [1.54, 1.807) is 0 Å². The second-order valence-electron chi connectivity index (χ2n) is 7.36. The highest BCUT2D eigenvalue weighted by Gasteiger charge is 2.45. The largest absolute Gasteiger partial charge is 0.395 e. The summed E-state index contributed by atoms with van der Waals surface area (Å²) in [4.78, 5) is 1.94. The van der Waals surface area contributed by atoms with E-state index in [0.29, 0.717) is 6.54 Å². The van der Waals surface area contributed by atoms with E-state index in [-0.39, 0.29) is 11.6 Å². The van der Waals surface area contributed by atoms with Crippen LogP contribution in [0.2, 0.25) is 18.1 Å². The van der Waals surface area contributed by atoms with Crippen molar-refractivity contribution in [3.8, 4) is 0 Å². The summed E-state index contributed by atoms with van der Waals surface area (Å²) < 4.78 is 0. The summed E-state index contributed by atoms with van der Waals surface area (Å²) in [6.45, 7) is 11.3. The van der Waals surface area contributed by atoms with Crippen molar-refractivity contribution >= 4 is 8.07 Å². The van der Waals surface area contributed by atoms with E-state index in [4.69, 9.17) is 0 Å². The Hall–Kier alpha value is 0.0169. The Balaban J connectivity index is 2.87. The molecule has 0 spiro atoms. The lowest BCUT2D eigenvalue weighted by Crippen LogP contribution is -2.65. The van der Waals surface area contributed by atoms with Gasteiger partial charge in [0.1, 0.15) is 12.2 Å². The maximum Gasteiger partial charge on any atom is 0.109 e. The van der Waals surface area contributed by atoms with E-state index < -0.39 is 32.4 Å². The molecule has 1 fully saturated rings. The maximum atomic E-state index is 9.98. The molecule has 1 saturated heterocycles. The molecule has 5 nitrogen and oxygen atoms in total. The molecule has 4 N–H and O–H groups in total. The first-order valence-electron chi connectivity index (χ1n) is 6.90. The Morgan fingerprint density at radius 3 is 2.05 bits per heavy atom. The van der Waals surface area contributed by atoms with Crippen molar-refractivity contribution in [3.05, 3.63) is 0 Å². The first kappa shape index (κ1) is 17.1. The molecule has 114 valence electrons. The minimum atomic E-state index is -1.62. The lowest BCUT2D eigenvalue weighted by molar-refractivity contribution is -0.141. The Kier molecular flexibility index (Phi) is 5.20. The predicted octanol–water partition coefficient (Wildman–Crippen LogP) is -0.207. The zero-order valence-electron chi connectivity index (χ0n) is 12.7. The zero-order chi connectivity index (χ0) is 15.0. The molecule has 0 aromatic heterocycles. The molecule has 0 bridgehead atoms. The summed E-state index contributed by atoms with van der Waals surface area (Å²) in [5.41, 5.74) is 0. The highest BCUT2D eigenvalue weighted by Crippen LogP contribution is 2.37. The van der Waals surface area contributed by atoms with Gasteiger partial charge in [-0.1, -0.05) is 33.9 Å². The van der Waals surface area contributed by atoms with Crippen molar-refractivity contribution in [3.63, 3.8) is 0 Å². The van der Waals surface area contributed by atoms with Gasteiger partial charge < -0.3 is 20.4 Å². The monoisotopic (exact) mass is 291 g/mol. The normalized spacial score (nSPS) is 34.6. The third-order valence-corrected chi connectivity index (χ3v) is 10.1. The van der Waals surface area contributed by atoms with E-state index in [9.17, 15) is 20.4 Å². The molecule has 0 aromatic rings. The van der Waals surface area contributed by atoms with Gasteiger partial charge in [-0.25, -0.2) is 0 Å². The van der Waals surface area contributed by atoms with Gasteiger partial charge in [0.25, 0.3) is 0 Å². The van der Waals surface area contributed by atoms with E-state index in [1.165, 1.54) is 0 Å². The van der Waals surface area contributed by atoms with Gasteiger partial charge in [-0.2, -0.15) is 0 Å². The van der Waals surface area contributed by atoms with Crippen molar-refractivity contribution < 1.29 is 20.4 Å². The lowest BCUT2D eigenvalue weighted by Gasteiger charge is -2.48. The highest BCUT2D eigenvalue weighted by atomic mass is 28.3. The quantitative estimate of drug-likeness (QED) is 0.541. The number of aliphatic hydroxyl groups is 4. The van der Waals surface area contributed by atoms with E-state index in [2.05, 4.69) is 33.9 Å². The van der Waals surface area contributed by atoms with Crippen LogP contribution in [0.1, 0.15) is 20.8 Å². The van der Waals surface area contributed by atoms with Crippen molar-refractivity contribution in [2.24, 2.45) is 0 Å². The van der Waals surface area contributed by atoms with Crippen molar-refractivity contribution in [1.29, 1.82) is 0 Å². The van der Waals surface area contributed by atoms with E-state index in [1.807, 2.05) is 4.90 Å². The molecule has 1 aliphatic rings. The van der Waals surface area contributed by atoms with Crippen LogP contribution in [0, 0.1) is 0 Å². The van der Waals surface area contributed by atoms with Gasteiger partial charge in [-0.3, -0.25) is 4.90 Å². The zero-order valence-corrected chi connectivity index (χ0v) is 13.7. The second-order valence-corrected chi connectivity index (χ2v) is 12.9. The average molecular weight is 291 g/mol. The number of rotatable bonds is 3. The summed E-state index contributed by atoms with van der Waals surface area (Å²) in [7, 11) is -1.62. The molecule has 0 amide bonds. The molecule has 1 heterocycles. The van der Waals surface area contributed by atoms with Crippen molar-refractivity contribution in [1.82, 2.24) is 4.90 Å². The number of hydrogen-bond acceptors (Lipinski definition) is 5. The van der Waals surface area contributed by atoms with E-state index >= 15 is 0 Å². The summed E-state index contributed by atoms with van der Waals surface area (Å²) in [6.07, 6.45) is -2.45. The van der Waals surface area contributed by atoms with Crippen LogP contribution in [0.5, 0.6) is 0 Å². The fourth-order valence-electron chi connectivity index (χ4n) is 2.31. The van der Waals surface area contributed by atoms with Gasteiger partial charge in [0, 0.05) is 6.54 Å². The molecule has 6 heteroatoms. The molecule has 19 heavy (non-hydrogen) atoms. The van der Waals surface area contributed by atoms with Crippen LogP contribution in [0.4, 0.5) is 0 Å². The van der Waals surface area contributed by atoms with Gasteiger partial charge in [-0.05, 0) is 11.2 Å². The molecule has 1 aliphatic heterocycles. The summed E-state index contributed by atoms with van der Waals surface area (Å²) in [5, 5.41) is 39.1. The number of β-amino-alcohol motifs (C(OH)–C–C–N with tert-alkyl or cyclic N) is 1. The second kappa shape index (κ2) is 5.79. The molecule has 1 unspecified atom stereocenters. The molecule has 0 aliphatic carbocycles. The SMILES string of the molecule is CC(C)(C)[Si](C)(C)CN1C[C@H](O)[C@@H](O)[C@H](O)C1CO. The highest BCUT2D eigenvalue weighted by molar-refractivity contribution is 6.80. The van der Waals surface area contributed by atoms with Gasteiger partial charge in [0.2, 0.25) is 0 Å². The van der Waals surface area contributed by atoms with Crippen LogP contribution in [0.15, 0.2) is 0 Å². The Labute approximate surface area is 116 Å². The first-order chi connectivity index (χ1) is 8.51. The van der Waals surface area contributed by atoms with Crippen LogP contribution in [0.3, 0.4) is 0 Å². The Morgan fingerprint density at radius 2 is 1.63 bits per heavy atom. The van der Waals surface area contributed by atoms with Crippen LogP contribution < -0.4 is 0 Å². The summed E-state index contributed by atoms with van der Waals surface area (Å²) in [6, 6.07) is -0.493. The third kappa shape index (κ3) is 3.56. The molecule has 1 rings (SSSR count). The summed E-state index contributed by atoms with van der Waals surface area (Å²) >= 11 is 0. The summed E-state index contributed by atoms with van der Waals surface area (Å²) in [5.74, 6) is 0. The Bertz CT molecular complexity index is 306. The number of nitrogens with zero attached hydrogens (tertiary/aromatic N) is 1. The van der Waals surface area contributed by atoms with Gasteiger partial charge in [0.05, 0.1) is 26.8 Å². The third-order valence-electron chi connectivity index (χ3n) is 4.84. The smallest absolute Gasteiger partial charge is 0.109 e. The average Bonchev–Trinajstić information content (AvgIpc) is 2.24. The van der Waals surface area contributed by atoms with Gasteiger partial charge >= 0.3 is 0 Å². The number of hydrogen-bond donors (Lipinski definition) is 4. The van der Waals surface area contributed by atoms with Crippen molar-refractivity contribution in [2.45, 2.75) is 63.3 Å². The predicted molar refractivity (Wildman–Crippen MR) is 77.7 cm³/mol. The number of piperidine rings is 1. The first-order valence-corrected chi connectivity index (χ1v) is 10.1. The van der Waals surface area contributed by atoms with Gasteiger partial charge in [0.15, 0.2) is 0 Å². The molecule has 4 atom stereocenters. The van der Waals surface area contributed by atoms with Crippen LogP contribution in [-0.2, 0) is 0 Å². The van der Waals surface area contributed by atoms with Crippen LogP contribution in [0.25, 0.3) is 0 Å². The molecule has 0 radical (unpaired) electrons. The fraction of sp³-hybridized carbons (Fsp3) is 1.00. The molecular formula is C13H29NO4Si. The topological polar surface area (TPSA) is 84.2 Å². The lowest BCUT2D eigenvalue weighted by atomic mass is 9.95.